The number of hydrogen-bond donors (Lipinski definition) is 1. The fourth-order valence-corrected chi connectivity index (χ4v) is 7.28. The van der Waals surface area contributed by atoms with Crippen molar-refractivity contribution in [3.63, 3.8) is 0 Å². The van der Waals surface area contributed by atoms with Crippen LogP contribution >= 0.6 is 7.60 Å². The summed E-state index contributed by atoms with van der Waals surface area (Å²) in [5.74, 6) is 2.49. The molecule has 5 rings (SSSR count). The van der Waals surface area contributed by atoms with Crippen molar-refractivity contribution in [3.8, 4) is 0 Å². The van der Waals surface area contributed by atoms with Crippen LogP contribution in [0.2, 0.25) is 0 Å². The lowest BCUT2D eigenvalue weighted by Crippen LogP contribution is -2.44. The average molecular weight is 507 g/mol. The molecule has 9 nitrogen and oxygen atoms in total. The van der Waals surface area contributed by atoms with Crippen LogP contribution in [-0.4, -0.2) is 32.3 Å². The Hall–Kier alpha value is -1.96. The molecule has 2 bridgehead atoms. The third kappa shape index (κ3) is 4.75. The molecule has 2 aromatic rings. The maximum absolute atomic E-state index is 13.2. The van der Waals surface area contributed by atoms with E-state index in [2.05, 4.69) is 11.1 Å². The fourth-order valence-electron chi connectivity index (χ4n) is 5.82. The van der Waals surface area contributed by atoms with Gasteiger partial charge >= 0.3 is 13.3 Å². The minimum Gasteiger partial charge on any atom is -0.336 e. The quantitative estimate of drug-likeness (QED) is 0.426. The summed E-state index contributed by atoms with van der Waals surface area (Å²) in [5, 5.41) is 0. The van der Waals surface area contributed by atoms with Gasteiger partial charge in [-0.1, -0.05) is 19.9 Å². The molecule has 10 heteroatoms. The number of allylic oxidation sites excluding steroid dienone is 1. The smallest absolute Gasteiger partial charge is 0.336 e. The van der Waals surface area contributed by atoms with E-state index in [4.69, 9.17) is 14.0 Å². The van der Waals surface area contributed by atoms with Gasteiger partial charge in [-0.05, 0) is 70.6 Å². The first kappa shape index (κ1) is 26.1. The predicted octanol–water partition coefficient (Wildman–Crippen LogP) is 5.08. The van der Waals surface area contributed by atoms with Gasteiger partial charge in [0.15, 0.2) is 5.65 Å². The van der Waals surface area contributed by atoms with Gasteiger partial charge in [0.2, 0.25) is 0 Å². The third-order valence-corrected chi connectivity index (χ3v) is 9.54. The number of nitrogens with one attached hydrogen (secondary N) is 1. The molecule has 3 saturated carbocycles. The highest BCUT2D eigenvalue weighted by Gasteiger charge is 2.50. The van der Waals surface area contributed by atoms with Crippen LogP contribution in [0.1, 0.15) is 84.9 Å². The first-order valence-corrected chi connectivity index (χ1v) is 14.7. The maximum Gasteiger partial charge on any atom is 0.353 e. The summed E-state index contributed by atoms with van der Waals surface area (Å²) in [5.41, 5.74) is 0.220. The van der Waals surface area contributed by atoms with Crippen molar-refractivity contribution in [1.29, 1.82) is 0 Å². The molecule has 1 N–H and O–H groups in total. The van der Waals surface area contributed by atoms with Gasteiger partial charge in [-0.15, -0.1) is 0 Å². The van der Waals surface area contributed by atoms with Crippen molar-refractivity contribution >= 4 is 18.8 Å². The van der Waals surface area contributed by atoms with E-state index in [0.29, 0.717) is 43.9 Å². The largest absolute Gasteiger partial charge is 0.353 e. The average Bonchev–Trinajstić information content (AvgIpc) is 3.31. The molecule has 194 valence electrons. The second kappa shape index (κ2) is 10.2. The molecule has 0 saturated heterocycles. The lowest BCUT2D eigenvalue weighted by Gasteiger charge is -2.51. The van der Waals surface area contributed by atoms with Crippen LogP contribution in [0, 0.1) is 5.41 Å². The Bertz CT molecular complexity index is 1220. The first-order chi connectivity index (χ1) is 16.8. The van der Waals surface area contributed by atoms with Crippen molar-refractivity contribution < 1.29 is 13.6 Å². The molecule has 0 spiro atoms. The molecule has 0 aromatic carbocycles. The van der Waals surface area contributed by atoms with Gasteiger partial charge in [0, 0.05) is 24.3 Å². The molecule has 0 unspecified atom stereocenters. The van der Waals surface area contributed by atoms with Crippen LogP contribution in [0.3, 0.4) is 0 Å². The molecule has 35 heavy (non-hydrogen) atoms. The van der Waals surface area contributed by atoms with Crippen LogP contribution < -0.4 is 11.2 Å². The molecular weight excluding hydrogens is 467 g/mol. The summed E-state index contributed by atoms with van der Waals surface area (Å²) in [6, 6.07) is 0. The molecule has 0 amide bonds. The van der Waals surface area contributed by atoms with E-state index in [9.17, 15) is 14.2 Å². The zero-order valence-electron chi connectivity index (χ0n) is 21.5. The molecule has 0 aliphatic heterocycles. The molecular formula is C25H39N4O5P. The van der Waals surface area contributed by atoms with Crippen LogP contribution in [0.25, 0.3) is 11.2 Å². The van der Waals surface area contributed by atoms with Crippen LogP contribution in [0.4, 0.5) is 0 Å². The number of aromatic nitrogens is 4. The lowest BCUT2D eigenvalue weighted by molar-refractivity contribution is 0.0739. The molecule has 3 aliphatic rings. The van der Waals surface area contributed by atoms with Crippen molar-refractivity contribution in [3.05, 3.63) is 38.6 Å². The molecule has 2 heterocycles. The topological polar surface area (TPSA) is 108 Å². The number of aryl methyl sites for hydroxylation is 1. The van der Waals surface area contributed by atoms with E-state index in [0.717, 1.165) is 50.8 Å². The standard InChI is InChI=1S/C25H39N4O5P/c1-5-16-28-20-19(21(30)29(17-6-2)23(28)31)26-22(27-20)25-12-9-24(10-13-25,11-14-25)15-18-35(32,33-7-3)34-8-4/h15,18H,5-14,16-17H2,1-4H3,(H,26,27). The van der Waals surface area contributed by atoms with E-state index in [1.54, 1.807) is 10.4 Å². The summed E-state index contributed by atoms with van der Waals surface area (Å²) in [6.45, 7) is 9.23. The Morgan fingerprint density at radius 2 is 1.51 bits per heavy atom. The Kier molecular flexibility index (Phi) is 7.60. The van der Waals surface area contributed by atoms with Gasteiger partial charge in [-0.2, -0.15) is 0 Å². The van der Waals surface area contributed by atoms with Crippen LogP contribution in [0.5, 0.6) is 0 Å². The fraction of sp³-hybridized carbons (Fsp3) is 0.720. The van der Waals surface area contributed by atoms with Gasteiger partial charge in [0.1, 0.15) is 11.3 Å². The monoisotopic (exact) mass is 506 g/mol. The van der Waals surface area contributed by atoms with Crippen molar-refractivity contribution in [2.75, 3.05) is 13.2 Å². The molecule has 3 fully saturated rings. The number of hydrogen-bond acceptors (Lipinski definition) is 6. The summed E-state index contributed by atoms with van der Waals surface area (Å²) in [6.07, 6.45) is 9.18. The van der Waals surface area contributed by atoms with E-state index in [-0.39, 0.29) is 22.1 Å². The maximum atomic E-state index is 13.2. The highest BCUT2D eigenvalue weighted by atomic mass is 31.2. The van der Waals surface area contributed by atoms with Gasteiger partial charge in [0.05, 0.1) is 13.2 Å². The first-order valence-electron chi connectivity index (χ1n) is 13.1. The third-order valence-electron chi connectivity index (χ3n) is 7.79. The Labute approximate surface area is 206 Å². The SMILES string of the molecule is CCCn1c(=O)c2[nH]c(C34CCC(C=CP(=O)(OCC)OCC)(CC3)CC4)nc2n(CCC)c1=O. The van der Waals surface area contributed by atoms with Crippen LogP contribution in [-0.2, 0) is 32.1 Å². The van der Waals surface area contributed by atoms with Crippen molar-refractivity contribution in [2.45, 2.75) is 97.6 Å². The Morgan fingerprint density at radius 1 is 0.943 bits per heavy atom. The van der Waals surface area contributed by atoms with Gasteiger partial charge in [-0.25, -0.2) is 9.78 Å². The highest BCUT2D eigenvalue weighted by molar-refractivity contribution is 7.57. The number of rotatable bonds is 11. The number of imidazole rings is 1. The van der Waals surface area contributed by atoms with E-state index >= 15 is 0 Å². The number of H-pyrrole nitrogens is 1. The molecule has 0 atom stereocenters. The van der Waals surface area contributed by atoms with Gasteiger partial charge in [0.25, 0.3) is 5.56 Å². The lowest BCUT2D eigenvalue weighted by atomic mass is 9.53. The van der Waals surface area contributed by atoms with E-state index in [1.165, 1.54) is 4.57 Å². The van der Waals surface area contributed by atoms with Crippen LogP contribution in [0.15, 0.2) is 21.5 Å². The van der Waals surface area contributed by atoms with Crippen molar-refractivity contribution in [2.24, 2.45) is 5.41 Å². The summed E-state index contributed by atoms with van der Waals surface area (Å²) >= 11 is 0. The summed E-state index contributed by atoms with van der Waals surface area (Å²) in [7, 11) is -3.22. The summed E-state index contributed by atoms with van der Waals surface area (Å²) < 4.78 is 26.8. The number of aromatic amines is 1. The molecule has 3 aliphatic carbocycles. The van der Waals surface area contributed by atoms with Gasteiger partial charge < -0.3 is 14.0 Å². The predicted molar refractivity (Wildman–Crippen MR) is 137 cm³/mol. The zero-order valence-corrected chi connectivity index (χ0v) is 22.4. The Balaban J connectivity index is 1.65. The minimum atomic E-state index is -3.22. The normalized spacial score (nSPS) is 24.7. The highest BCUT2D eigenvalue weighted by Crippen LogP contribution is 2.59. The minimum absolute atomic E-state index is 0.0181. The van der Waals surface area contributed by atoms with Gasteiger partial charge in [-0.3, -0.25) is 18.5 Å². The summed E-state index contributed by atoms with van der Waals surface area (Å²) in [4.78, 5) is 34.4. The molecule has 2 aromatic heterocycles. The molecule has 0 radical (unpaired) electrons. The zero-order chi connectivity index (χ0) is 25.3. The van der Waals surface area contributed by atoms with E-state index < -0.39 is 7.60 Å². The second-order valence-corrected chi connectivity index (χ2v) is 11.9. The van der Waals surface area contributed by atoms with Crippen molar-refractivity contribution in [1.82, 2.24) is 19.1 Å². The Morgan fingerprint density at radius 3 is 2.06 bits per heavy atom. The van der Waals surface area contributed by atoms with E-state index in [1.807, 2.05) is 27.7 Å². The number of nitrogens with zero attached hydrogens (tertiary/aromatic N) is 3. The second-order valence-electron chi connectivity index (χ2n) is 10.0. The number of fused-ring (bicyclic) bond motifs is 4.